The van der Waals surface area contributed by atoms with Crippen molar-refractivity contribution in [1.29, 1.82) is 0 Å². The first-order valence-corrected chi connectivity index (χ1v) is 10.9. The van der Waals surface area contributed by atoms with Gasteiger partial charge in [-0.05, 0) is 44.2 Å². The number of aryl methyl sites for hydroxylation is 2. The Labute approximate surface area is 189 Å². The van der Waals surface area contributed by atoms with Gasteiger partial charge in [-0.1, -0.05) is 18.6 Å². The minimum absolute atomic E-state index is 0.0731. The summed E-state index contributed by atoms with van der Waals surface area (Å²) < 4.78 is 38.3. The summed E-state index contributed by atoms with van der Waals surface area (Å²) in [7, 11) is 0. The maximum Gasteiger partial charge on any atom is 0.419 e. The van der Waals surface area contributed by atoms with Crippen molar-refractivity contribution in [3.8, 4) is 5.69 Å². The Kier molecular flexibility index (Phi) is 6.44. The Morgan fingerprint density at radius 3 is 2.52 bits per heavy atom. The van der Waals surface area contributed by atoms with E-state index in [-0.39, 0.29) is 17.9 Å². The van der Waals surface area contributed by atoms with Gasteiger partial charge in [0.25, 0.3) is 5.91 Å². The molecule has 10 heteroatoms. The maximum absolute atomic E-state index is 13.7. The summed E-state index contributed by atoms with van der Waals surface area (Å²) in [6.07, 6.45) is 3.10. The molecule has 1 fully saturated rings. The first-order valence-electron chi connectivity index (χ1n) is 10.9. The topological polar surface area (TPSA) is 76.8 Å². The number of carbonyl (C=O) groups is 1. The van der Waals surface area contributed by atoms with Crippen LogP contribution in [0.25, 0.3) is 5.69 Å². The zero-order valence-corrected chi connectivity index (χ0v) is 18.5. The third-order valence-electron chi connectivity index (χ3n) is 6.09. The quantitative estimate of drug-likeness (QED) is 0.571. The number of piperidine rings is 1. The molecule has 0 N–H and O–H groups in total. The van der Waals surface area contributed by atoms with Crippen molar-refractivity contribution in [2.45, 2.75) is 51.7 Å². The predicted octanol–water partition coefficient (Wildman–Crippen LogP) is 4.26. The van der Waals surface area contributed by atoms with Crippen LogP contribution in [0.3, 0.4) is 0 Å². The standard InChI is InChI=1S/C23H25F3N6O/c1-15-5-6-20(32-29-9-10-30-32)18(12-15)22(33)31-11-3-4-16(2)19(31)7-8-21-27-13-17(14-28-21)23(24,25)26/h5-6,9-10,12-14,16,19H,3-4,7-8,11H2,1-2H3/t16-,19?/m1/s1. The highest BCUT2D eigenvalue weighted by Gasteiger charge is 2.34. The first kappa shape index (κ1) is 22.9. The number of likely N-dealkylation sites (tertiary alicyclic amines) is 1. The summed E-state index contributed by atoms with van der Waals surface area (Å²) in [5, 5.41) is 8.35. The van der Waals surface area contributed by atoms with Crippen molar-refractivity contribution in [3.05, 3.63) is 65.5 Å². The largest absolute Gasteiger partial charge is 0.419 e. The van der Waals surface area contributed by atoms with Gasteiger partial charge in [0, 0.05) is 31.4 Å². The van der Waals surface area contributed by atoms with Gasteiger partial charge in [0.2, 0.25) is 0 Å². The second kappa shape index (κ2) is 9.29. The molecule has 0 bridgehead atoms. The molecule has 0 aliphatic carbocycles. The van der Waals surface area contributed by atoms with E-state index in [1.165, 1.54) is 4.80 Å². The predicted molar refractivity (Wildman–Crippen MR) is 115 cm³/mol. The molecule has 7 nitrogen and oxygen atoms in total. The minimum atomic E-state index is -4.46. The number of rotatable bonds is 5. The van der Waals surface area contributed by atoms with E-state index < -0.39 is 11.7 Å². The van der Waals surface area contributed by atoms with Gasteiger partial charge < -0.3 is 4.90 Å². The number of halogens is 3. The van der Waals surface area contributed by atoms with Gasteiger partial charge in [-0.2, -0.15) is 28.2 Å². The molecule has 1 saturated heterocycles. The number of hydrogen-bond donors (Lipinski definition) is 0. The molecule has 1 aliphatic rings. The normalized spacial score (nSPS) is 19.0. The molecule has 2 atom stereocenters. The molecule has 1 aromatic carbocycles. The average Bonchev–Trinajstić information content (AvgIpc) is 3.32. The molecule has 1 unspecified atom stereocenters. The van der Waals surface area contributed by atoms with Gasteiger partial charge in [-0.3, -0.25) is 4.79 Å². The van der Waals surface area contributed by atoms with E-state index >= 15 is 0 Å². The van der Waals surface area contributed by atoms with Crippen molar-refractivity contribution in [1.82, 2.24) is 29.9 Å². The number of benzene rings is 1. The smallest absolute Gasteiger partial charge is 0.335 e. The fourth-order valence-corrected chi connectivity index (χ4v) is 4.34. The second-order valence-electron chi connectivity index (χ2n) is 8.45. The van der Waals surface area contributed by atoms with Crippen LogP contribution in [0.15, 0.2) is 43.0 Å². The van der Waals surface area contributed by atoms with E-state index in [0.29, 0.717) is 36.5 Å². The number of aromatic nitrogens is 5. The molecule has 4 rings (SSSR count). The van der Waals surface area contributed by atoms with Gasteiger partial charge in [0.1, 0.15) is 5.82 Å². The molecule has 33 heavy (non-hydrogen) atoms. The fourth-order valence-electron chi connectivity index (χ4n) is 4.34. The van der Waals surface area contributed by atoms with Crippen LogP contribution in [0.4, 0.5) is 13.2 Å². The minimum Gasteiger partial charge on any atom is -0.335 e. The summed E-state index contributed by atoms with van der Waals surface area (Å²) >= 11 is 0. The average molecular weight is 458 g/mol. The van der Waals surface area contributed by atoms with E-state index in [0.717, 1.165) is 30.8 Å². The lowest BCUT2D eigenvalue weighted by atomic mass is 9.87. The monoisotopic (exact) mass is 458 g/mol. The molecule has 0 saturated carbocycles. The highest BCUT2D eigenvalue weighted by Crippen LogP contribution is 2.30. The van der Waals surface area contributed by atoms with Crippen LogP contribution in [0.2, 0.25) is 0 Å². The zero-order chi connectivity index (χ0) is 23.6. The summed E-state index contributed by atoms with van der Waals surface area (Å²) in [6, 6.07) is 5.52. The summed E-state index contributed by atoms with van der Waals surface area (Å²) in [4.78, 5) is 24.8. The molecule has 0 spiro atoms. The first-order chi connectivity index (χ1) is 15.7. The van der Waals surface area contributed by atoms with E-state index in [1.807, 2.05) is 30.0 Å². The molecular weight excluding hydrogens is 433 g/mol. The Bertz CT molecular complexity index is 1100. The third-order valence-corrected chi connectivity index (χ3v) is 6.09. The van der Waals surface area contributed by atoms with Crippen LogP contribution < -0.4 is 0 Å². The lowest BCUT2D eigenvalue weighted by Gasteiger charge is -2.40. The molecule has 174 valence electrons. The van der Waals surface area contributed by atoms with Crippen molar-refractivity contribution < 1.29 is 18.0 Å². The van der Waals surface area contributed by atoms with Crippen LogP contribution in [0, 0.1) is 12.8 Å². The number of alkyl halides is 3. The van der Waals surface area contributed by atoms with Gasteiger partial charge in [-0.15, -0.1) is 0 Å². The molecule has 1 amide bonds. The van der Waals surface area contributed by atoms with Crippen molar-refractivity contribution in [2.24, 2.45) is 5.92 Å². The van der Waals surface area contributed by atoms with Crippen molar-refractivity contribution in [2.75, 3.05) is 6.54 Å². The lowest BCUT2D eigenvalue weighted by Crippen LogP contribution is -2.48. The summed E-state index contributed by atoms with van der Waals surface area (Å²) in [5.74, 6) is 0.481. The highest BCUT2D eigenvalue weighted by atomic mass is 19.4. The Morgan fingerprint density at radius 2 is 1.85 bits per heavy atom. The Balaban J connectivity index is 1.55. The Hall–Kier alpha value is -3.30. The second-order valence-corrected chi connectivity index (χ2v) is 8.45. The number of amides is 1. The Morgan fingerprint density at radius 1 is 1.15 bits per heavy atom. The molecule has 1 aliphatic heterocycles. The third kappa shape index (κ3) is 5.04. The van der Waals surface area contributed by atoms with Crippen LogP contribution >= 0.6 is 0 Å². The lowest BCUT2D eigenvalue weighted by molar-refractivity contribution is -0.138. The number of nitrogens with zero attached hydrogens (tertiary/aromatic N) is 6. The van der Waals surface area contributed by atoms with Gasteiger partial charge >= 0.3 is 6.18 Å². The molecule has 0 radical (unpaired) electrons. The SMILES string of the molecule is Cc1ccc(-n2nccn2)c(C(=O)N2CCC[C@@H](C)C2CCc2ncc(C(F)(F)F)cn2)c1. The fraction of sp³-hybridized carbons (Fsp3) is 0.435. The van der Waals surface area contributed by atoms with E-state index in [9.17, 15) is 18.0 Å². The molecule has 3 heterocycles. The van der Waals surface area contributed by atoms with E-state index in [1.54, 1.807) is 12.4 Å². The van der Waals surface area contributed by atoms with E-state index in [4.69, 9.17) is 0 Å². The van der Waals surface area contributed by atoms with Gasteiger partial charge in [-0.25, -0.2) is 9.97 Å². The van der Waals surface area contributed by atoms with Crippen molar-refractivity contribution >= 4 is 5.91 Å². The van der Waals surface area contributed by atoms with Gasteiger partial charge in [0.15, 0.2) is 0 Å². The van der Waals surface area contributed by atoms with Crippen LogP contribution in [-0.4, -0.2) is 48.4 Å². The summed E-state index contributed by atoms with van der Waals surface area (Å²) in [5.41, 5.74) is 1.22. The van der Waals surface area contributed by atoms with Crippen LogP contribution in [0.1, 0.15) is 53.5 Å². The molecule has 3 aromatic rings. The number of hydrogen-bond acceptors (Lipinski definition) is 5. The zero-order valence-electron chi connectivity index (χ0n) is 18.5. The molecule has 2 aromatic heterocycles. The van der Waals surface area contributed by atoms with Gasteiger partial charge in [0.05, 0.1) is 29.2 Å². The molecular formula is C23H25F3N6O. The highest BCUT2D eigenvalue weighted by molar-refractivity contribution is 5.98. The summed E-state index contributed by atoms with van der Waals surface area (Å²) in [6.45, 7) is 4.64. The number of carbonyl (C=O) groups excluding carboxylic acids is 1. The van der Waals surface area contributed by atoms with Crippen molar-refractivity contribution in [3.63, 3.8) is 0 Å². The van der Waals surface area contributed by atoms with Crippen LogP contribution in [-0.2, 0) is 12.6 Å². The van der Waals surface area contributed by atoms with E-state index in [2.05, 4.69) is 27.1 Å². The maximum atomic E-state index is 13.7. The van der Waals surface area contributed by atoms with Crippen LogP contribution in [0.5, 0.6) is 0 Å².